The van der Waals surface area contributed by atoms with Crippen molar-refractivity contribution in [3.63, 3.8) is 0 Å². The van der Waals surface area contributed by atoms with E-state index in [1.54, 1.807) is 12.1 Å². The molecule has 0 saturated carbocycles. The smallest absolute Gasteiger partial charge is 0.340 e. The molecule has 2 amide bonds. The third kappa shape index (κ3) is 4.53. The van der Waals surface area contributed by atoms with Crippen LogP contribution >= 0.6 is 11.8 Å². The van der Waals surface area contributed by atoms with E-state index in [1.165, 1.54) is 7.11 Å². The van der Waals surface area contributed by atoms with Crippen molar-refractivity contribution < 1.29 is 19.1 Å². The standard InChI is InChI=1S/C29H27N3O4S/c1-4-5-9-18-16-19(32-17(2)30-24-13-8-12-23(25(24)32)28(34)36-3)14-15-20(18)21-10-6-7-11-22(21)26-27(33)31-29(35)37-26/h6-8,10-16,26H,4-5,9H2,1-3H3,(H,31,33,35). The van der Waals surface area contributed by atoms with Crippen LogP contribution in [0.5, 0.6) is 0 Å². The van der Waals surface area contributed by atoms with Crippen molar-refractivity contribution in [1.29, 1.82) is 0 Å². The van der Waals surface area contributed by atoms with Crippen LogP contribution < -0.4 is 5.32 Å². The lowest BCUT2D eigenvalue weighted by atomic mass is 9.91. The van der Waals surface area contributed by atoms with Crippen LogP contribution in [0.3, 0.4) is 0 Å². The average Bonchev–Trinajstić information content (AvgIpc) is 3.43. The lowest BCUT2D eigenvalue weighted by Gasteiger charge is -2.18. The number of hydrogen-bond donors (Lipinski definition) is 1. The second-order valence-corrected chi connectivity index (χ2v) is 10.0. The number of fused-ring (bicyclic) bond motifs is 1. The van der Waals surface area contributed by atoms with Crippen LogP contribution in [-0.4, -0.2) is 33.8 Å². The Morgan fingerprint density at radius 3 is 2.62 bits per heavy atom. The molecule has 7 nitrogen and oxygen atoms in total. The van der Waals surface area contributed by atoms with Gasteiger partial charge in [-0.05, 0) is 78.0 Å². The monoisotopic (exact) mass is 513 g/mol. The Kier molecular flexibility index (Phi) is 6.84. The number of hydrogen-bond acceptors (Lipinski definition) is 6. The Bertz CT molecular complexity index is 1540. The van der Waals surface area contributed by atoms with Crippen molar-refractivity contribution in [1.82, 2.24) is 14.9 Å². The van der Waals surface area contributed by atoms with E-state index in [9.17, 15) is 14.4 Å². The molecule has 1 aliphatic rings. The maximum Gasteiger partial charge on any atom is 0.340 e. The molecular formula is C29H27N3O4S. The summed E-state index contributed by atoms with van der Waals surface area (Å²) in [5.41, 5.74) is 6.68. The quantitative estimate of drug-likeness (QED) is 0.298. The SMILES string of the molecule is CCCCc1cc(-n2c(C)nc3cccc(C(=O)OC)c32)ccc1-c1ccccc1C1SC(=O)NC1=O. The van der Waals surface area contributed by atoms with Crippen LogP contribution in [0.1, 0.15) is 52.3 Å². The first-order valence-electron chi connectivity index (χ1n) is 12.2. The van der Waals surface area contributed by atoms with E-state index in [0.29, 0.717) is 11.1 Å². The first-order chi connectivity index (χ1) is 17.9. The molecule has 0 radical (unpaired) electrons. The number of para-hydroxylation sites is 1. The van der Waals surface area contributed by atoms with Crippen molar-refractivity contribution in [2.45, 2.75) is 38.4 Å². The van der Waals surface area contributed by atoms with E-state index in [1.807, 2.05) is 47.9 Å². The lowest BCUT2D eigenvalue weighted by Crippen LogP contribution is -2.20. The number of carbonyl (C=O) groups excluding carboxylic acids is 3. The fourth-order valence-corrected chi connectivity index (χ4v) is 5.79. The fraction of sp³-hybridized carbons (Fsp3) is 0.241. The molecule has 0 aliphatic carbocycles. The number of thioether (sulfide) groups is 1. The van der Waals surface area contributed by atoms with E-state index in [-0.39, 0.29) is 11.1 Å². The summed E-state index contributed by atoms with van der Waals surface area (Å²) in [6, 6.07) is 19.4. The maximum atomic E-state index is 12.6. The van der Waals surface area contributed by atoms with Crippen LogP contribution in [0.15, 0.2) is 60.7 Å². The Balaban J connectivity index is 1.68. The van der Waals surface area contributed by atoms with E-state index in [4.69, 9.17) is 9.72 Å². The number of aryl methyl sites for hydroxylation is 2. The minimum Gasteiger partial charge on any atom is -0.465 e. The number of rotatable bonds is 7. The van der Waals surface area contributed by atoms with Crippen LogP contribution in [-0.2, 0) is 16.0 Å². The second kappa shape index (κ2) is 10.2. The summed E-state index contributed by atoms with van der Waals surface area (Å²) in [5.74, 6) is 0.0638. The van der Waals surface area contributed by atoms with E-state index < -0.39 is 11.2 Å². The van der Waals surface area contributed by atoms with Crippen LogP contribution in [0.2, 0.25) is 0 Å². The molecular weight excluding hydrogens is 486 g/mol. The Morgan fingerprint density at radius 2 is 1.89 bits per heavy atom. The minimum atomic E-state index is -0.579. The Hall–Kier alpha value is -3.91. The zero-order valence-corrected chi connectivity index (χ0v) is 21.7. The number of carbonyl (C=O) groups is 3. The van der Waals surface area contributed by atoms with E-state index in [0.717, 1.165) is 70.3 Å². The number of nitrogens with one attached hydrogen (secondary N) is 1. The van der Waals surface area contributed by atoms with E-state index >= 15 is 0 Å². The number of imidazole rings is 1. The van der Waals surface area contributed by atoms with Gasteiger partial charge in [0.1, 0.15) is 11.1 Å². The molecule has 4 aromatic rings. The van der Waals surface area contributed by atoms with Gasteiger partial charge in [-0.1, -0.05) is 49.7 Å². The van der Waals surface area contributed by atoms with Gasteiger partial charge in [0.15, 0.2) is 0 Å². The third-order valence-corrected chi connectivity index (χ3v) is 7.64. The largest absolute Gasteiger partial charge is 0.465 e. The number of esters is 1. The molecule has 0 bridgehead atoms. The van der Waals surface area contributed by atoms with Crippen LogP contribution in [0, 0.1) is 6.92 Å². The normalized spacial score (nSPS) is 15.3. The third-order valence-electron chi connectivity index (χ3n) is 6.62. The van der Waals surface area contributed by atoms with Gasteiger partial charge in [-0.3, -0.25) is 19.5 Å². The van der Waals surface area contributed by atoms with Gasteiger partial charge < -0.3 is 4.74 Å². The van der Waals surface area contributed by atoms with Gasteiger partial charge in [0, 0.05) is 5.69 Å². The van der Waals surface area contributed by atoms with Crippen molar-refractivity contribution in [2.24, 2.45) is 0 Å². The van der Waals surface area contributed by atoms with Crippen molar-refractivity contribution in [2.75, 3.05) is 7.11 Å². The summed E-state index contributed by atoms with van der Waals surface area (Å²) in [5, 5.41) is 1.50. The molecule has 1 saturated heterocycles. The first-order valence-corrected chi connectivity index (χ1v) is 13.1. The van der Waals surface area contributed by atoms with Crippen LogP contribution in [0.4, 0.5) is 4.79 Å². The zero-order valence-electron chi connectivity index (χ0n) is 20.9. The van der Waals surface area contributed by atoms with Gasteiger partial charge in [0.05, 0.1) is 23.7 Å². The highest BCUT2D eigenvalue weighted by atomic mass is 32.2. The molecule has 0 spiro atoms. The molecule has 5 rings (SSSR count). The number of nitrogens with zero attached hydrogens (tertiary/aromatic N) is 2. The molecule has 1 unspecified atom stereocenters. The van der Waals surface area contributed by atoms with Crippen LogP contribution in [0.25, 0.3) is 27.8 Å². The number of benzene rings is 3. The Morgan fingerprint density at radius 1 is 1.08 bits per heavy atom. The molecule has 1 aromatic heterocycles. The minimum absolute atomic E-state index is 0.287. The summed E-state index contributed by atoms with van der Waals surface area (Å²) < 4.78 is 7.03. The molecule has 1 N–H and O–H groups in total. The van der Waals surface area contributed by atoms with Gasteiger partial charge in [-0.25, -0.2) is 9.78 Å². The molecule has 8 heteroatoms. The molecule has 37 heavy (non-hydrogen) atoms. The van der Waals surface area contributed by atoms with Gasteiger partial charge in [-0.2, -0.15) is 0 Å². The molecule has 2 heterocycles. The summed E-state index contributed by atoms with van der Waals surface area (Å²) in [6.07, 6.45) is 2.86. The molecule has 1 aliphatic heterocycles. The van der Waals surface area contributed by atoms with Gasteiger partial charge >= 0.3 is 5.97 Å². The average molecular weight is 514 g/mol. The predicted molar refractivity (Wildman–Crippen MR) is 145 cm³/mol. The predicted octanol–water partition coefficient (Wildman–Crippen LogP) is 6.15. The summed E-state index contributed by atoms with van der Waals surface area (Å²) >= 11 is 1.01. The molecule has 1 fully saturated rings. The lowest BCUT2D eigenvalue weighted by molar-refractivity contribution is -0.119. The first kappa shape index (κ1) is 24.8. The molecule has 188 valence electrons. The van der Waals surface area contributed by atoms with E-state index in [2.05, 4.69) is 24.4 Å². The maximum absolute atomic E-state index is 12.6. The highest BCUT2D eigenvalue weighted by Crippen LogP contribution is 2.41. The fourth-order valence-electron chi connectivity index (χ4n) is 4.92. The highest BCUT2D eigenvalue weighted by molar-refractivity contribution is 8.15. The number of ether oxygens (including phenoxy) is 1. The number of aromatic nitrogens is 2. The number of unbranched alkanes of at least 4 members (excludes halogenated alkanes) is 1. The zero-order chi connectivity index (χ0) is 26.1. The van der Waals surface area contributed by atoms with Gasteiger partial charge in [-0.15, -0.1) is 0 Å². The highest BCUT2D eigenvalue weighted by Gasteiger charge is 2.34. The second-order valence-electron chi connectivity index (χ2n) is 8.97. The van der Waals surface area contributed by atoms with Crippen molar-refractivity contribution in [3.05, 3.63) is 83.2 Å². The Labute approximate surface area is 219 Å². The van der Waals surface area contributed by atoms with Crippen molar-refractivity contribution >= 4 is 39.9 Å². The number of methoxy groups -OCH3 is 1. The summed E-state index contributed by atoms with van der Waals surface area (Å²) in [4.78, 5) is 41.7. The molecule has 1 atom stereocenters. The van der Waals surface area contributed by atoms with Gasteiger partial charge in [0.2, 0.25) is 5.91 Å². The number of amides is 2. The van der Waals surface area contributed by atoms with Gasteiger partial charge in [0.25, 0.3) is 5.24 Å². The topological polar surface area (TPSA) is 90.3 Å². The summed E-state index contributed by atoms with van der Waals surface area (Å²) in [6.45, 7) is 4.07. The number of imide groups is 1. The summed E-state index contributed by atoms with van der Waals surface area (Å²) in [7, 11) is 1.38. The molecule has 3 aromatic carbocycles. The van der Waals surface area contributed by atoms with Crippen molar-refractivity contribution in [3.8, 4) is 16.8 Å².